The summed E-state index contributed by atoms with van der Waals surface area (Å²) in [6.45, 7) is -1.36. The molecule has 0 aromatic heterocycles. The van der Waals surface area contributed by atoms with Crippen molar-refractivity contribution in [2.75, 3.05) is 18.5 Å². The fraction of sp³-hybridized carbons (Fsp3) is 0.400. The lowest BCUT2D eigenvalue weighted by Crippen LogP contribution is -2.38. The molecule has 7 nitrogen and oxygen atoms in total. The molecule has 1 heterocycles. The normalized spacial score (nSPS) is 26.8. The Bertz CT molecular complexity index is 928. The van der Waals surface area contributed by atoms with Gasteiger partial charge >= 0.3 is 12.1 Å². The first-order chi connectivity index (χ1) is 14.1. The summed E-state index contributed by atoms with van der Waals surface area (Å²) in [5, 5.41) is 2.20. The highest BCUT2D eigenvalue weighted by Crippen LogP contribution is 2.52. The van der Waals surface area contributed by atoms with Crippen molar-refractivity contribution in [3.63, 3.8) is 0 Å². The van der Waals surface area contributed by atoms with Gasteiger partial charge in [-0.3, -0.25) is 24.1 Å². The number of carbonyl (C=O) groups excluding carboxylic acids is 4. The third-order valence-electron chi connectivity index (χ3n) is 5.69. The first-order valence-corrected chi connectivity index (χ1v) is 9.31. The predicted octanol–water partition coefficient (Wildman–Crippen LogP) is 1.99. The molecule has 0 spiro atoms. The maximum atomic E-state index is 12.7. The van der Waals surface area contributed by atoms with Gasteiger partial charge in [0, 0.05) is 5.69 Å². The second-order valence-corrected chi connectivity index (χ2v) is 7.55. The van der Waals surface area contributed by atoms with Crippen molar-refractivity contribution in [1.29, 1.82) is 0 Å². The van der Waals surface area contributed by atoms with Crippen LogP contribution in [0.15, 0.2) is 36.4 Å². The Morgan fingerprint density at radius 3 is 2.33 bits per heavy atom. The molecule has 1 aromatic carbocycles. The number of nitrogens with one attached hydrogen (secondary N) is 1. The topological polar surface area (TPSA) is 92.8 Å². The Morgan fingerprint density at radius 1 is 1.10 bits per heavy atom. The van der Waals surface area contributed by atoms with Crippen molar-refractivity contribution in [3.05, 3.63) is 42.0 Å². The number of alkyl halides is 3. The van der Waals surface area contributed by atoms with E-state index in [-0.39, 0.29) is 17.5 Å². The number of ether oxygens (including phenoxy) is 1. The summed E-state index contributed by atoms with van der Waals surface area (Å²) in [7, 11) is 0. The molecule has 0 radical (unpaired) electrons. The summed E-state index contributed by atoms with van der Waals surface area (Å²) in [4.78, 5) is 49.8. The van der Waals surface area contributed by atoms with Gasteiger partial charge in [0.1, 0.15) is 6.54 Å². The number of rotatable bonds is 5. The van der Waals surface area contributed by atoms with Gasteiger partial charge in [0.05, 0.1) is 17.4 Å². The number of esters is 1. The number of hydrogen-bond acceptors (Lipinski definition) is 5. The van der Waals surface area contributed by atoms with E-state index in [4.69, 9.17) is 4.74 Å². The number of nitrogens with zero attached hydrogens (tertiary/aromatic N) is 1. The number of hydrogen-bond donors (Lipinski definition) is 1. The van der Waals surface area contributed by atoms with Gasteiger partial charge in [-0.15, -0.1) is 0 Å². The Balaban J connectivity index is 1.29. The molecule has 2 fully saturated rings. The highest BCUT2D eigenvalue weighted by molar-refractivity contribution is 6.08. The molecule has 1 saturated carbocycles. The molecule has 30 heavy (non-hydrogen) atoms. The van der Waals surface area contributed by atoms with Gasteiger partial charge in [0.25, 0.3) is 5.91 Å². The monoisotopic (exact) mass is 422 g/mol. The van der Waals surface area contributed by atoms with E-state index in [1.165, 1.54) is 6.07 Å². The molecule has 3 amide bonds. The molecule has 1 saturated heterocycles. The number of amides is 3. The van der Waals surface area contributed by atoms with Crippen LogP contribution >= 0.6 is 0 Å². The highest BCUT2D eigenvalue weighted by atomic mass is 19.4. The number of halogens is 3. The van der Waals surface area contributed by atoms with Crippen molar-refractivity contribution in [1.82, 2.24) is 4.90 Å². The maximum Gasteiger partial charge on any atom is 0.416 e. The van der Waals surface area contributed by atoms with E-state index < -0.39 is 60.4 Å². The van der Waals surface area contributed by atoms with E-state index in [2.05, 4.69) is 5.32 Å². The average Bonchev–Trinajstić information content (AvgIpc) is 3.36. The molecular weight excluding hydrogens is 405 g/mol. The summed E-state index contributed by atoms with van der Waals surface area (Å²) in [5.74, 6) is -3.48. The lowest BCUT2D eigenvalue weighted by Gasteiger charge is -2.16. The molecule has 10 heteroatoms. The second kappa shape index (κ2) is 7.26. The molecule has 4 rings (SSSR count). The number of likely N-dealkylation sites (tertiary alicyclic amines) is 1. The second-order valence-electron chi connectivity index (χ2n) is 7.55. The SMILES string of the molecule is O=C(COC(=O)CN1C(=O)[C@H]2[C@H](C1=O)[C@H]1C=C[C@H]2C1)Nc1cccc(C(F)(F)F)c1. The van der Waals surface area contributed by atoms with Gasteiger partial charge in [-0.2, -0.15) is 13.2 Å². The Hall–Kier alpha value is -3.17. The van der Waals surface area contributed by atoms with E-state index in [9.17, 15) is 32.3 Å². The number of benzene rings is 1. The van der Waals surface area contributed by atoms with Crippen LogP contribution in [0.4, 0.5) is 18.9 Å². The van der Waals surface area contributed by atoms with Gasteiger partial charge in [0.2, 0.25) is 11.8 Å². The van der Waals surface area contributed by atoms with Crippen molar-refractivity contribution in [2.45, 2.75) is 12.6 Å². The first-order valence-electron chi connectivity index (χ1n) is 9.31. The summed E-state index contributed by atoms with van der Waals surface area (Å²) < 4.78 is 42.9. The van der Waals surface area contributed by atoms with E-state index in [0.29, 0.717) is 0 Å². The Morgan fingerprint density at radius 2 is 1.73 bits per heavy atom. The van der Waals surface area contributed by atoms with Gasteiger partial charge in [-0.1, -0.05) is 18.2 Å². The summed E-state index contributed by atoms with van der Waals surface area (Å²) in [5.41, 5.74) is -1.04. The van der Waals surface area contributed by atoms with Gasteiger partial charge in [-0.25, -0.2) is 0 Å². The smallest absolute Gasteiger partial charge is 0.416 e. The fourth-order valence-corrected chi connectivity index (χ4v) is 4.41. The fourth-order valence-electron chi connectivity index (χ4n) is 4.41. The quantitative estimate of drug-likeness (QED) is 0.445. The predicted molar refractivity (Wildman–Crippen MR) is 95.5 cm³/mol. The first kappa shape index (κ1) is 20.1. The molecule has 1 aliphatic heterocycles. The summed E-state index contributed by atoms with van der Waals surface area (Å²) >= 11 is 0. The Labute approximate surface area is 168 Å². The molecule has 4 atom stereocenters. The number of allylic oxidation sites excluding steroid dienone is 2. The van der Waals surface area contributed by atoms with Gasteiger partial charge in [0.15, 0.2) is 6.61 Å². The van der Waals surface area contributed by atoms with Crippen LogP contribution < -0.4 is 5.32 Å². The van der Waals surface area contributed by atoms with Crippen LogP contribution in [0, 0.1) is 23.7 Å². The zero-order chi connectivity index (χ0) is 21.6. The van der Waals surface area contributed by atoms with Crippen LogP contribution in [0.25, 0.3) is 0 Å². The standard InChI is InChI=1S/C20H17F3N2O5/c21-20(22,23)12-2-1-3-13(7-12)24-14(26)9-30-15(27)8-25-18(28)16-10-4-5-11(6-10)17(16)19(25)29/h1-5,7,10-11,16-17H,6,8-9H2,(H,24,26)/t10-,11-,16+,17+/m0/s1. The van der Waals surface area contributed by atoms with Gasteiger partial charge in [-0.05, 0) is 36.5 Å². The zero-order valence-electron chi connectivity index (χ0n) is 15.5. The van der Waals surface area contributed by atoms with Crippen molar-refractivity contribution >= 4 is 29.4 Å². The van der Waals surface area contributed by atoms with Crippen molar-refractivity contribution < 1.29 is 37.1 Å². The highest BCUT2D eigenvalue weighted by Gasteiger charge is 2.59. The number of imide groups is 1. The molecule has 1 N–H and O–H groups in total. The molecule has 3 aliphatic rings. The van der Waals surface area contributed by atoms with Crippen LogP contribution in [0.1, 0.15) is 12.0 Å². The van der Waals surface area contributed by atoms with E-state index >= 15 is 0 Å². The molecule has 1 aromatic rings. The third-order valence-corrected chi connectivity index (χ3v) is 5.69. The molecule has 2 aliphatic carbocycles. The van der Waals surface area contributed by atoms with Crippen LogP contribution in [0.3, 0.4) is 0 Å². The van der Waals surface area contributed by atoms with Crippen LogP contribution in [0.5, 0.6) is 0 Å². The molecule has 2 bridgehead atoms. The minimum absolute atomic E-state index is 0.00992. The summed E-state index contributed by atoms with van der Waals surface area (Å²) in [6, 6.07) is 4.00. The third kappa shape index (κ3) is 3.57. The summed E-state index contributed by atoms with van der Waals surface area (Å²) in [6.07, 6.45) is 0.0595. The average molecular weight is 422 g/mol. The Kier molecular flexibility index (Phi) is 4.87. The van der Waals surface area contributed by atoms with E-state index in [0.717, 1.165) is 29.5 Å². The van der Waals surface area contributed by atoms with Crippen molar-refractivity contribution in [2.24, 2.45) is 23.7 Å². The lowest BCUT2D eigenvalue weighted by molar-refractivity contribution is -0.154. The van der Waals surface area contributed by atoms with E-state index in [1.54, 1.807) is 0 Å². The zero-order valence-corrected chi connectivity index (χ0v) is 15.5. The van der Waals surface area contributed by atoms with Gasteiger partial charge < -0.3 is 10.1 Å². The number of anilines is 1. The van der Waals surface area contributed by atoms with Crippen LogP contribution in [-0.2, 0) is 30.1 Å². The molecule has 158 valence electrons. The molecular formula is C20H17F3N2O5. The lowest BCUT2D eigenvalue weighted by atomic mass is 9.85. The number of fused-ring (bicyclic) bond motifs is 5. The van der Waals surface area contributed by atoms with Crippen molar-refractivity contribution in [3.8, 4) is 0 Å². The van der Waals surface area contributed by atoms with Crippen LogP contribution in [-0.4, -0.2) is 41.7 Å². The van der Waals surface area contributed by atoms with E-state index in [1.807, 2.05) is 12.2 Å². The largest absolute Gasteiger partial charge is 0.454 e. The minimum atomic E-state index is -4.56. The number of carbonyl (C=O) groups is 4. The van der Waals surface area contributed by atoms with Crippen LogP contribution in [0.2, 0.25) is 0 Å². The minimum Gasteiger partial charge on any atom is -0.454 e. The maximum absolute atomic E-state index is 12.7. The molecule has 0 unspecified atom stereocenters.